The molecule has 154 valence electrons. The molecule has 1 fully saturated rings. The Morgan fingerprint density at radius 1 is 1.34 bits per heavy atom. The fraction of sp³-hybridized carbons (Fsp3) is 0.364. The van der Waals surface area contributed by atoms with E-state index in [0.717, 1.165) is 18.1 Å². The van der Waals surface area contributed by atoms with Gasteiger partial charge in [-0.05, 0) is 30.0 Å². The van der Waals surface area contributed by atoms with Crippen LogP contribution in [0.3, 0.4) is 0 Å². The summed E-state index contributed by atoms with van der Waals surface area (Å²) in [7, 11) is 1.53. The van der Waals surface area contributed by atoms with Crippen LogP contribution >= 0.6 is 0 Å². The summed E-state index contributed by atoms with van der Waals surface area (Å²) in [6.45, 7) is 4.07. The third kappa shape index (κ3) is 5.31. The van der Waals surface area contributed by atoms with E-state index in [-0.39, 0.29) is 17.5 Å². The summed E-state index contributed by atoms with van der Waals surface area (Å²) in [6.07, 6.45) is 4.21. The lowest BCUT2D eigenvalue weighted by atomic mass is 9.91. The average molecular weight is 401 g/mol. The lowest BCUT2D eigenvalue weighted by Gasteiger charge is -2.33. The summed E-state index contributed by atoms with van der Waals surface area (Å²) in [4.78, 5) is 18.4. The van der Waals surface area contributed by atoms with Crippen molar-refractivity contribution in [3.63, 3.8) is 0 Å². The number of likely N-dealkylation sites (tertiary alicyclic amines) is 1. The second kappa shape index (κ2) is 8.59. The van der Waals surface area contributed by atoms with Crippen molar-refractivity contribution in [2.75, 3.05) is 25.5 Å². The van der Waals surface area contributed by atoms with Gasteiger partial charge in [-0.3, -0.25) is 0 Å². The highest BCUT2D eigenvalue weighted by atomic mass is 19.3. The minimum Gasteiger partial charge on any atom is -0.481 e. The number of aromatic nitrogens is 1. The van der Waals surface area contributed by atoms with Crippen molar-refractivity contribution in [3.8, 4) is 5.88 Å². The second-order valence-corrected chi connectivity index (χ2v) is 7.35. The number of carbonyl (C=O) groups is 1. The highest BCUT2D eigenvalue weighted by Crippen LogP contribution is 2.30. The minimum atomic E-state index is -2.86. The predicted molar refractivity (Wildman–Crippen MR) is 109 cm³/mol. The second-order valence-electron chi connectivity index (χ2n) is 7.35. The van der Waals surface area contributed by atoms with Crippen molar-refractivity contribution in [2.24, 2.45) is 5.92 Å². The van der Waals surface area contributed by atoms with Crippen LogP contribution in [0.15, 0.2) is 48.2 Å². The van der Waals surface area contributed by atoms with E-state index >= 15 is 0 Å². The quantitative estimate of drug-likeness (QED) is 0.770. The maximum atomic E-state index is 13.6. The number of halogens is 2. The standard InChI is InChI=1S/C22H25F2N3O2/c1-15-14-27(21(28)26-19-7-8-20(29-3)25-13-19)10-9-17(15)11-16-5-4-6-18(12-16)22(2,23)24/h4-8,11-13,15H,9-10,14H2,1-3H3,(H,26,28). The van der Waals surface area contributed by atoms with Crippen molar-refractivity contribution in [1.29, 1.82) is 0 Å². The van der Waals surface area contributed by atoms with Gasteiger partial charge in [0.1, 0.15) is 0 Å². The van der Waals surface area contributed by atoms with Crippen molar-refractivity contribution >= 4 is 17.8 Å². The Bertz CT molecular complexity index is 892. The zero-order valence-electron chi connectivity index (χ0n) is 16.8. The number of amides is 2. The van der Waals surface area contributed by atoms with Gasteiger partial charge in [0.25, 0.3) is 5.92 Å². The van der Waals surface area contributed by atoms with Gasteiger partial charge in [0.05, 0.1) is 19.0 Å². The number of carbonyl (C=O) groups excluding carboxylic acids is 1. The van der Waals surface area contributed by atoms with Crippen LogP contribution < -0.4 is 10.1 Å². The van der Waals surface area contributed by atoms with Crippen LogP contribution in [0.4, 0.5) is 19.3 Å². The third-order valence-electron chi connectivity index (χ3n) is 5.03. The SMILES string of the molecule is COc1ccc(NC(=O)N2CCC(=Cc3cccc(C(C)(F)F)c3)C(C)C2)cn1. The highest BCUT2D eigenvalue weighted by Gasteiger charge is 2.26. The van der Waals surface area contributed by atoms with Gasteiger partial charge < -0.3 is 15.0 Å². The average Bonchev–Trinajstić information content (AvgIpc) is 2.69. The molecule has 29 heavy (non-hydrogen) atoms. The molecule has 1 aromatic carbocycles. The maximum absolute atomic E-state index is 13.6. The summed E-state index contributed by atoms with van der Waals surface area (Å²) in [5, 5.41) is 2.84. The van der Waals surface area contributed by atoms with Crippen LogP contribution in [0, 0.1) is 5.92 Å². The van der Waals surface area contributed by atoms with E-state index in [4.69, 9.17) is 4.74 Å². The van der Waals surface area contributed by atoms with Crippen LogP contribution in [-0.4, -0.2) is 36.1 Å². The van der Waals surface area contributed by atoms with Gasteiger partial charge in [-0.1, -0.05) is 36.8 Å². The molecule has 2 aromatic rings. The molecule has 3 rings (SSSR count). The number of urea groups is 1. The van der Waals surface area contributed by atoms with E-state index in [1.165, 1.54) is 19.2 Å². The van der Waals surface area contributed by atoms with Gasteiger partial charge in [0, 0.05) is 31.6 Å². The Kier molecular flexibility index (Phi) is 6.15. The van der Waals surface area contributed by atoms with E-state index in [0.29, 0.717) is 31.1 Å². The van der Waals surface area contributed by atoms with Gasteiger partial charge in [0.15, 0.2) is 0 Å². The zero-order valence-corrected chi connectivity index (χ0v) is 16.8. The number of methoxy groups -OCH3 is 1. The number of anilines is 1. The number of hydrogen-bond donors (Lipinski definition) is 1. The molecule has 0 bridgehead atoms. The Morgan fingerprint density at radius 2 is 2.14 bits per heavy atom. The Hall–Kier alpha value is -2.96. The number of nitrogens with zero attached hydrogens (tertiary/aromatic N) is 2. The van der Waals surface area contributed by atoms with Gasteiger partial charge in [-0.15, -0.1) is 0 Å². The van der Waals surface area contributed by atoms with Gasteiger partial charge in [0.2, 0.25) is 5.88 Å². The highest BCUT2D eigenvalue weighted by molar-refractivity contribution is 5.89. The first-order valence-corrected chi connectivity index (χ1v) is 9.51. The molecular formula is C22H25F2N3O2. The molecule has 1 saturated heterocycles. The fourth-order valence-corrected chi connectivity index (χ4v) is 3.34. The third-order valence-corrected chi connectivity index (χ3v) is 5.03. The molecule has 0 aliphatic carbocycles. The maximum Gasteiger partial charge on any atom is 0.321 e. The summed E-state index contributed by atoms with van der Waals surface area (Å²) in [5.74, 6) is -2.25. The first kappa shape index (κ1) is 20.8. The number of piperidine rings is 1. The largest absolute Gasteiger partial charge is 0.481 e. The molecule has 7 heteroatoms. The normalized spacial score (nSPS) is 18.6. The molecule has 1 N–H and O–H groups in total. The molecule has 1 unspecified atom stereocenters. The smallest absolute Gasteiger partial charge is 0.321 e. The molecule has 2 amide bonds. The zero-order chi connectivity index (χ0) is 21.0. The number of alkyl halides is 2. The number of rotatable bonds is 4. The molecule has 0 saturated carbocycles. The monoisotopic (exact) mass is 401 g/mol. The molecule has 0 radical (unpaired) electrons. The number of benzene rings is 1. The molecule has 1 aromatic heterocycles. The Balaban J connectivity index is 1.64. The van der Waals surface area contributed by atoms with Crippen LogP contribution in [0.2, 0.25) is 0 Å². The topological polar surface area (TPSA) is 54.5 Å². The van der Waals surface area contributed by atoms with Gasteiger partial charge in [-0.2, -0.15) is 0 Å². The van der Waals surface area contributed by atoms with Crippen LogP contribution in [-0.2, 0) is 5.92 Å². The number of hydrogen-bond acceptors (Lipinski definition) is 3. The summed E-state index contributed by atoms with van der Waals surface area (Å²) in [5.41, 5.74) is 2.51. The lowest BCUT2D eigenvalue weighted by molar-refractivity contribution is 0.0174. The molecule has 0 spiro atoms. The molecule has 5 nitrogen and oxygen atoms in total. The molecular weight excluding hydrogens is 376 g/mol. The minimum absolute atomic E-state index is 0.00409. The predicted octanol–water partition coefficient (Wildman–Crippen LogP) is 5.16. The Morgan fingerprint density at radius 3 is 2.76 bits per heavy atom. The van der Waals surface area contributed by atoms with Gasteiger partial charge in [-0.25, -0.2) is 18.6 Å². The summed E-state index contributed by atoms with van der Waals surface area (Å²) < 4.78 is 32.1. The first-order valence-electron chi connectivity index (χ1n) is 9.51. The van der Waals surface area contributed by atoms with E-state index < -0.39 is 5.92 Å². The fourth-order valence-electron chi connectivity index (χ4n) is 3.34. The van der Waals surface area contributed by atoms with E-state index in [1.807, 2.05) is 19.1 Å². The number of ether oxygens (including phenoxy) is 1. The van der Waals surface area contributed by atoms with Crippen LogP contribution in [0.5, 0.6) is 5.88 Å². The van der Waals surface area contributed by atoms with Gasteiger partial charge >= 0.3 is 6.03 Å². The molecule has 2 heterocycles. The molecule has 1 atom stereocenters. The summed E-state index contributed by atoms with van der Waals surface area (Å²) in [6, 6.07) is 9.67. The van der Waals surface area contributed by atoms with Crippen molar-refractivity contribution in [1.82, 2.24) is 9.88 Å². The Labute approximate surface area is 169 Å². The first-order chi connectivity index (χ1) is 13.8. The van der Waals surface area contributed by atoms with Crippen molar-refractivity contribution in [2.45, 2.75) is 26.2 Å². The van der Waals surface area contributed by atoms with Crippen molar-refractivity contribution < 1.29 is 18.3 Å². The summed E-state index contributed by atoms with van der Waals surface area (Å²) >= 11 is 0. The van der Waals surface area contributed by atoms with Crippen LogP contribution in [0.1, 0.15) is 31.4 Å². The van der Waals surface area contributed by atoms with E-state index in [1.54, 1.807) is 29.3 Å². The molecule has 1 aliphatic heterocycles. The number of pyridine rings is 1. The molecule has 1 aliphatic rings. The van der Waals surface area contributed by atoms with Crippen LogP contribution in [0.25, 0.3) is 6.08 Å². The lowest BCUT2D eigenvalue weighted by Crippen LogP contribution is -2.42. The van der Waals surface area contributed by atoms with E-state index in [9.17, 15) is 13.6 Å². The van der Waals surface area contributed by atoms with E-state index in [2.05, 4.69) is 10.3 Å². The number of nitrogens with one attached hydrogen (secondary N) is 1. The van der Waals surface area contributed by atoms with Crippen molar-refractivity contribution in [3.05, 3.63) is 59.3 Å².